The molecule has 2 heterocycles. The fourth-order valence-corrected chi connectivity index (χ4v) is 4.97. The molecule has 2 aromatic heterocycles. The monoisotopic (exact) mass is 599 g/mol. The molecule has 0 saturated heterocycles. The quantitative estimate of drug-likeness (QED) is 0.224. The average molecular weight is 600 g/mol. The highest BCUT2D eigenvalue weighted by Crippen LogP contribution is 2.37. The number of methoxy groups -OCH3 is 3. The second-order valence-corrected chi connectivity index (χ2v) is 11.6. The van der Waals surface area contributed by atoms with E-state index in [1.807, 2.05) is 13.8 Å². The van der Waals surface area contributed by atoms with Gasteiger partial charge in [0, 0.05) is 12.3 Å². The molecule has 226 valence electrons. The van der Waals surface area contributed by atoms with E-state index in [1.165, 1.54) is 32.8 Å². The van der Waals surface area contributed by atoms with Crippen LogP contribution in [-0.2, 0) is 14.8 Å². The molecule has 2 atom stereocenters. The van der Waals surface area contributed by atoms with Crippen LogP contribution in [0.5, 0.6) is 17.4 Å². The molecule has 1 N–H and O–H groups in total. The number of aromatic nitrogens is 4. The number of aliphatic imine (C=N–C) groups is 2. The van der Waals surface area contributed by atoms with Gasteiger partial charge in [0.1, 0.15) is 34.2 Å². The number of nitrogens with zero attached hydrogens (tertiary/aromatic N) is 6. The Hall–Kier alpha value is -4.30. The Labute approximate surface area is 246 Å². The highest BCUT2D eigenvalue weighted by Gasteiger charge is 2.36. The summed E-state index contributed by atoms with van der Waals surface area (Å²) in [4.78, 5) is 12.8. The van der Waals surface area contributed by atoms with Gasteiger partial charge >= 0.3 is 0 Å². The maximum atomic E-state index is 13.9. The SMILES string of the molecule is C=N/C(=N\C=C(C)C)[C@H](OC(C)C)[C@@H](C)S(=O)(=O)Nc1nnc(-c2cccc(OC)n2)n1-c1c(OC)cccc1OC. The fourth-order valence-electron chi connectivity index (χ4n) is 3.89. The van der Waals surface area contributed by atoms with Crippen molar-refractivity contribution in [3.05, 3.63) is 48.2 Å². The summed E-state index contributed by atoms with van der Waals surface area (Å²) < 4.78 is 54.4. The molecule has 0 fully saturated rings. The Morgan fingerprint density at radius 3 is 2.19 bits per heavy atom. The zero-order chi connectivity index (χ0) is 31.0. The third-order valence-corrected chi connectivity index (χ3v) is 7.58. The number of allylic oxidation sites excluding steroid dienone is 1. The molecule has 1 aromatic carbocycles. The first-order valence-electron chi connectivity index (χ1n) is 13.0. The van der Waals surface area contributed by atoms with Crippen molar-refractivity contribution in [2.45, 2.75) is 52.1 Å². The van der Waals surface area contributed by atoms with Gasteiger partial charge < -0.3 is 18.9 Å². The van der Waals surface area contributed by atoms with Gasteiger partial charge in [-0.3, -0.25) is 9.29 Å². The number of sulfonamides is 1. The maximum absolute atomic E-state index is 13.9. The van der Waals surface area contributed by atoms with Crippen LogP contribution in [0.25, 0.3) is 17.2 Å². The number of para-hydroxylation sites is 1. The molecule has 3 rings (SSSR count). The van der Waals surface area contributed by atoms with Crippen LogP contribution >= 0.6 is 0 Å². The van der Waals surface area contributed by atoms with Gasteiger partial charge in [0.15, 0.2) is 11.7 Å². The first-order valence-corrected chi connectivity index (χ1v) is 14.5. The van der Waals surface area contributed by atoms with Crippen molar-refractivity contribution >= 4 is 28.5 Å². The second kappa shape index (κ2) is 14.0. The Morgan fingerprint density at radius 2 is 1.64 bits per heavy atom. The van der Waals surface area contributed by atoms with Gasteiger partial charge in [-0.2, -0.15) is 0 Å². The molecular weight excluding hydrogens is 562 g/mol. The largest absolute Gasteiger partial charge is 0.494 e. The van der Waals surface area contributed by atoms with Crippen LogP contribution in [0.4, 0.5) is 5.95 Å². The van der Waals surface area contributed by atoms with E-state index in [-0.39, 0.29) is 23.7 Å². The van der Waals surface area contributed by atoms with E-state index in [2.05, 4.69) is 36.6 Å². The van der Waals surface area contributed by atoms with Crippen LogP contribution in [0.3, 0.4) is 0 Å². The van der Waals surface area contributed by atoms with Crippen LogP contribution in [0, 0.1) is 0 Å². The number of amidine groups is 1. The topological polar surface area (TPSA) is 151 Å². The van der Waals surface area contributed by atoms with E-state index in [1.54, 1.807) is 56.4 Å². The molecule has 0 aliphatic heterocycles. The number of rotatable bonds is 13. The Bertz CT molecular complexity index is 1540. The summed E-state index contributed by atoms with van der Waals surface area (Å²) in [5, 5.41) is 7.31. The van der Waals surface area contributed by atoms with Crippen molar-refractivity contribution < 1.29 is 27.4 Å². The smallest absolute Gasteiger partial charge is 0.243 e. The first kappa shape index (κ1) is 32.2. The number of nitrogens with one attached hydrogen (secondary N) is 1. The number of anilines is 1. The van der Waals surface area contributed by atoms with Gasteiger partial charge in [0.25, 0.3) is 0 Å². The Morgan fingerprint density at radius 1 is 1.00 bits per heavy atom. The third kappa shape index (κ3) is 7.31. The minimum absolute atomic E-state index is 0.122. The fraction of sp³-hybridized carbons (Fsp3) is 0.393. The van der Waals surface area contributed by atoms with Gasteiger partial charge in [-0.05, 0) is 59.5 Å². The van der Waals surface area contributed by atoms with Crippen molar-refractivity contribution in [3.8, 4) is 34.6 Å². The van der Waals surface area contributed by atoms with E-state index in [0.717, 1.165) is 5.57 Å². The third-order valence-electron chi connectivity index (χ3n) is 5.89. The summed E-state index contributed by atoms with van der Waals surface area (Å²) in [7, 11) is 0.248. The van der Waals surface area contributed by atoms with E-state index in [4.69, 9.17) is 18.9 Å². The van der Waals surface area contributed by atoms with Crippen molar-refractivity contribution in [2.75, 3.05) is 26.1 Å². The van der Waals surface area contributed by atoms with Gasteiger partial charge in [-0.15, -0.1) is 10.2 Å². The molecule has 0 aliphatic carbocycles. The predicted molar refractivity (Wildman–Crippen MR) is 163 cm³/mol. The van der Waals surface area contributed by atoms with Crippen LogP contribution in [0.2, 0.25) is 0 Å². The van der Waals surface area contributed by atoms with Gasteiger partial charge in [-0.1, -0.05) is 17.7 Å². The van der Waals surface area contributed by atoms with Crippen molar-refractivity contribution in [1.29, 1.82) is 0 Å². The van der Waals surface area contributed by atoms with Gasteiger partial charge in [0.2, 0.25) is 21.9 Å². The highest BCUT2D eigenvalue weighted by molar-refractivity contribution is 7.93. The number of hydrogen-bond acceptors (Lipinski definition) is 10. The molecule has 0 amide bonds. The summed E-state index contributed by atoms with van der Waals surface area (Å²) in [6.45, 7) is 12.4. The molecule has 42 heavy (non-hydrogen) atoms. The number of hydrogen-bond donors (Lipinski definition) is 1. The summed E-state index contributed by atoms with van der Waals surface area (Å²) in [6, 6.07) is 10.3. The molecule has 0 bridgehead atoms. The second-order valence-electron chi connectivity index (χ2n) is 9.57. The molecule has 13 nitrogen and oxygen atoms in total. The van der Waals surface area contributed by atoms with Crippen LogP contribution in [0.1, 0.15) is 34.6 Å². The Balaban J connectivity index is 2.22. The van der Waals surface area contributed by atoms with E-state index in [9.17, 15) is 8.42 Å². The number of pyridine rings is 1. The van der Waals surface area contributed by atoms with Crippen molar-refractivity contribution in [2.24, 2.45) is 9.98 Å². The average Bonchev–Trinajstić information content (AvgIpc) is 3.37. The van der Waals surface area contributed by atoms with Crippen LogP contribution < -0.4 is 18.9 Å². The minimum Gasteiger partial charge on any atom is -0.494 e. The zero-order valence-corrected chi connectivity index (χ0v) is 25.8. The molecule has 0 unspecified atom stereocenters. The lowest BCUT2D eigenvalue weighted by Gasteiger charge is -2.26. The molecular formula is C28H37N7O6S. The van der Waals surface area contributed by atoms with Gasteiger partial charge in [0.05, 0.1) is 27.4 Å². The van der Waals surface area contributed by atoms with Crippen molar-refractivity contribution in [3.63, 3.8) is 0 Å². The Kier molecular flexibility index (Phi) is 10.8. The zero-order valence-electron chi connectivity index (χ0n) is 25.0. The van der Waals surface area contributed by atoms with E-state index < -0.39 is 21.4 Å². The molecule has 0 aliphatic rings. The van der Waals surface area contributed by atoms with Crippen LogP contribution in [-0.4, -0.2) is 79.5 Å². The summed E-state index contributed by atoms with van der Waals surface area (Å²) in [5.41, 5.74) is 1.61. The predicted octanol–water partition coefficient (Wildman–Crippen LogP) is 4.30. The molecule has 0 radical (unpaired) electrons. The van der Waals surface area contributed by atoms with Crippen molar-refractivity contribution in [1.82, 2.24) is 19.7 Å². The lowest BCUT2D eigenvalue weighted by Crippen LogP contribution is -2.43. The van der Waals surface area contributed by atoms with E-state index >= 15 is 0 Å². The lowest BCUT2D eigenvalue weighted by atomic mass is 10.2. The highest BCUT2D eigenvalue weighted by atomic mass is 32.2. The number of ether oxygens (including phenoxy) is 4. The standard InChI is InChI=1S/C28H37N7O6S/c1-17(2)16-30-26(29-6)25(41-18(3)4)19(5)42(36,37)34-28-33-32-27(20-12-10-15-23(31-20)40-9)35(28)24-21(38-7)13-11-14-22(24)39-8/h10-16,18-19,25H,6H2,1-5,7-9H3,(H,33,34)/b30-26-/t19-,25-/m1/s1. The van der Waals surface area contributed by atoms with E-state index in [0.29, 0.717) is 28.8 Å². The lowest BCUT2D eigenvalue weighted by molar-refractivity contribution is 0.0459. The molecule has 0 spiro atoms. The van der Waals surface area contributed by atoms with Gasteiger partial charge in [-0.25, -0.2) is 23.4 Å². The first-order chi connectivity index (χ1) is 20.0. The normalized spacial score (nSPS) is 13.3. The maximum Gasteiger partial charge on any atom is 0.243 e. The summed E-state index contributed by atoms with van der Waals surface area (Å²) in [5.74, 6) is 1.27. The molecule has 0 saturated carbocycles. The minimum atomic E-state index is -4.22. The van der Waals surface area contributed by atoms with Crippen LogP contribution in [0.15, 0.2) is 58.2 Å². The molecule has 14 heteroatoms. The summed E-state index contributed by atoms with van der Waals surface area (Å²) in [6.07, 6.45) is 0.191. The number of benzene rings is 1. The molecule has 3 aromatic rings. The summed E-state index contributed by atoms with van der Waals surface area (Å²) >= 11 is 0.